The number of nitrogens with zero attached hydrogens (tertiary/aromatic N) is 6. The number of halogens is 3. The largest absolute Gasteiger partial charge is 0.416 e. The first-order valence-corrected chi connectivity index (χ1v) is 13.0. The number of carbonyl (C=O) groups is 1. The molecule has 0 spiro atoms. The molecular formula is C28H28F3N7O. The molecule has 1 saturated carbocycles. The first-order chi connectivity index (χ1) is 18.7. The minimum Gasteiger partial charge on any atom is -0.365 e. The second-order valence-electron chi connectivity index (χ2n) is 10.2. The summed E-state index contributed by atoms with van der Waals surface area (Å²) in [5.41, 5.74) is 2.59. The van der Waals surface area contributed by atoms with E-state index in [1.165, 1.54) is 12.1 Å². The fraction of sp³-hybridized carbons (Fsp3) is 0.357. The van der Waals surface area contributed by atoms with E-state index in [2.05, 4.69) is 22.2 Å². The number of hydrogen-bond donors (Lipinski definition) is 1. The number of amides is 1. The highest BCUT2D eigenvalue weighted by Crippen LogP contribution is 2.31. The Labute approximate surface area is 223 Å². The number of anilines is 1. The summed E-state index contributed by atoms with van der Waals surface area (Å²) in [6.45, 7) is 3.43. The number of nitrogens with one attached hydrogen (secondary N) is 1. The van der Waals surface area contributed by atoms with E-state index in [9.17, 15) is 18.0 Å². The van der Waals surface area contributed by atoms with E-state index >= 15 is 0 Å². The van der Waals surface area contributed by atoms with Crippen LogP contribution in [0.4, 0.5) is 19.0 Å². The van der Waals surface area contributed by atoms with Gasteiger partial charge < -0.3 is 19.7 Å². The fourth-order valence-corrected chi connectivity index (χ4v) is 4.66. The van der Waals surface area contributed by atoms with Crippen molar-refractivity contribution in [3.63, 3.8) is 0 Å². The molecular weight excluding hydrogens is 507 g/mol. The maximum Gasteiger partial charge on any atom is 0.416 e. The minimum atomic E-state index is -4.38. The van der Waals surface area contributed by atoms with E-state index in [-0.39, 0.29) is 5.91 Å². The van der Waals surface area contributed by atoms with Gasteiger partial charge in [0.1, 0.15) is 5.52 Å². The molecule has 4 aromatic rings. The molecule has 202 valence electrons. The highest BCUT2D eigenvalue weighted by molar-refractivity contribution is 5.95. The summed E-state index contributed by atoms with van der Waals surface area (Å²) in [5.74, 6) is 1.12. The summed E-state index contributed by atoms with van der Waals surface area (Å²) in [7, 11) is 2.05. The Morgan fingerprint density at radius 3 is 2.31 bits per heavy atom. The zero-order chi connectivity index (χ0) is 27.1. The molecule has 2 aromatic carbocycles. The molecule has 0 atom stereocenters. The van der Waals surface area contributed by atoms with Gasteiger partial charge in [0.2, 0.25) is 0 Å². The molecule has 8 nitrogen and oxygen atoms in total. The lowest BCUT2D eigenvalue weighted by Gasteiger charge is -2.32. The van der Waals surface area contributed by atoms with Crippen LogP contribution in [0.2, 0.25) is 0 Å². The minimum absolute atomic E-state index is 0.0109. The maximum absolute atomic E-state index is 13.0. The highest BCUT2D eigenvalue weighted by Gasteiger charge is 2.30. The van der Waals surface area contributed by atoms with E-state index in [0.29, 0.717) is 59.6 Å². The highest BCUT2D eigenvalue weighted by atomic mass is 19.4. The van der Waals surface area contributed by atoms with Gasteiger partial charge in [0.05, 0.1) is 18.4 Å². The molecule has 1 aliphatic heterocycles. The molecule has 39 heavy (non-hydrogen) atoms. The van der Waals surface area contributed by atoms with Crippen molar-refractivity contribution < 1.29 is 18.0 Å². The molecule has 0 radical (unpaired) electrons. The second kappa shape index (κ2) is 9.96. The van der Waals surface area contributed by atoms with Crippen molar-refractivity contribution in [1.82, 2.24) is 29.3 Å². The lowest BCUT2D eigenvalue weighted by molar-refractivity contribution is -0.137. The second-order valence-corrected chi connectivity index (χ2v) is 10.2. The first kappa shape index (κ1) is 25.3. The quantitative estimate of drug-likeness (QED) is 0.391. The molecule has 11 heteroatoms. The van der Waals surface area contributed by atoms with Gasteiger partial charge in [-0.2, -0.15) is 13.2 Å². The maximum atomic E-state index is 13.0. The van der Waals surface area contributed by atoms with Crippen molar-refractivity contribution in [2.45, 2.75) is 31.6 Å². The van der Waals surface area contributed by atoms with Crippen LogP contribution in [-0.2, 0) is 12.7 Å². The van der Waals surface area contributed by atoms with Crippen LogP contribution >= 0.6 is 0 Å². The summed E-state index contributed by atoms with van der Waals surface area (Å²) in [4.78, 5) is 31.1. The number of likely N-dealkylation sites (N-methyl/N-ethyl adjacent to an activating group) is 1. The number of benzene rings is 2. The molecule has 2 aliphatic rings. The molecule has 1 saturated heterocycles. The predicted molar refractivity (Wildman–Crippen MR) is 141 cm³/mol. The average Bonchev–Trinajstić information content (AvgIpc) is 3.66. The molecule has 3 heterocycles. The van der Waals surface area contributed by atoms with Crippen LogP contribution in [0.3, 0.4) is 0 Å². The fourth-order valence-electron chi connectivity index (χ4n) is 4.66. The van der Waals surface area contributed by atoms with E-state index in [0.717, 1.165) is 43.6 Å². The zero-order valence-electron chi connectivity index (χ0n) is 21.4. The van der Waals surface area contributed by atoms with E-state index in [4.69, 9.17) is 9.97 Å². The van der Waals surface area contributed by atoms with Crippen molar-refractivity contribution in [1.29, 1.82) is 0 Å². The topological polar surface area (TPSA) is 79.2 Å². The molecule has 1 amide bonds. The Kier molecular flexibility index (Phi) is 6.46. The van der Waals surface area contributed by atoms with Crippen LogP contribution in [-0.4, -0.2) is 74.5 Å². The van der Waals surface area contributed by atoms with Crippen molar-refractivity contribution in [3.05, 3.63) is 71.5 Å². The summed E-state index contributed by atoms with van der Waals surface area (Å²) < 4.78 is 40.8. The van der Waals surface area contributed by atoms with Gasteiger partial charge in [-0.25, -0.2) is 15.0 Å². The first-order valence-electron chi connectivity index (χ1n) is 13.0. The van der Waals surface area contributed by atoms with Crippen molar-refractivity contribution >= 4 is 22.9 Å². The van der Waals surface area contributed by atoms with Crippen LogP contribution < -0.4 is 5.32 Å². The van der Waals surface area contributed by atoms with E-state index in [1.54, 1.807) is 18.5 Å². The molecule has 0 unspecified atom stereocenters. The molecule has 2 aromatic heterocycles. The van der Waals surface area contributed by atoms with Gasteiger partial charge in [0.25, 0.3) is 5.91 Å². The third kappa shape index (κ3) is 5.44. The average molecular weight is 536 g/mol. The summed E-state index contributed by atoms with van der Waals surface area (Å²) >= 11 is 0. The smallest absolute Gasteiger partial charge is 0.365 e. The van der Waals surface area contributed by atoms with E-state index in [1.807, 2.05) is 21.6 Å². The van der Waals surface area contributed by atoms with Crippen LogP contribution in [0.5, 0.6) is 0 Å². The van der Waals surface area contributed by atoms with Gasteiger partial charge in [-0.15, -0.1) is 0 Å². The summed E-state index contributed by atoms with van der Waals surface area (Å²) in [6, 6.07) is 12.7. The number of alkyl halides is 3. The normalized spacial score (nSPS) is 16.6. The van der Waals surface area contributed by atoms with E-state index < -0.39 is 11.7 Å². The van der Waals surface area contributed by atoms with Crippen molar-refractivity contribution in [2.24, 2.45) is 0 Å². The Morgan fingerprint density at radius 2 is 1.67 bits per heavy atom. The SMILES string of the molecule is CN1CCN(C(=O)c2ccc(-c3nc(NC4CC4)c4ncn(Cc5ccc(C(F)(F)F)cc5)c4n3)cc2)CC1. The van der Waals surface area contributed by atoms with Crippen molar-refractivity contribution in [2.75, 3.05) is 38.5 Å². The van der Waals surface area contributed by atoms with Crippen LogP contribution in [0, 0.1) is 0 Å². The van der Waals surface area contributed by atoms with Gasteiger partial charge in [0.15, 0.2) is 17.3 Å². The number of aromatic nitrogens is 4. The third-order valence-electron chi connectivity index (χ3n) is 7.20. The van der Waals surface area contributed by atoms with Gasteiger partial charge in [-0.3, -0.25) is 4.79 Å². The third-order valence-corrected chi connectivity index (χ3v) is 7.20. The lowest BCUT2D eigenvalue weighted by atomic mass is 10.1. The van der Waals surface area contributed by atoms with Gasteiger partial charge in [-0.1, -0.05) is 24.3 Å². The number of rotatable bonds is 6. The van der Waals surface area contributed by atoms with Gasteiger partial charge >= 0.3 is 6.18 Å². The van der Waals surface area contributed by atoms with Crippen LogP contribution in [0.25, 0.3) is 22.6 Å². The molecule has 6 rings (SSSR count). The number of hydrogen-bond acceptors (Lipinski definition) is 6. The molecule has 1 N–H and O–H groups in total. The van der Waals surface area contributed by atoms with Crippen LogP contribution in [0.15, 0.2) is 54.9 Å². The standard InChI is InChI=1S/C28H28F3N7O/c1-36-12-14-37(15-13-36)27(39)20-6-4-19(5-7-20)24-34-25(33-22-10-11-22)23-26(35-24)38(17-32-23)16-18-2-8-21(9-3-18)28(29,30)31/h2-9,17,22H,10-16H2,1H3,(H,33,34,35). The summed E-state index contributed by atoms with van der Waals surface area (Å²) in [6.07, 6.45) is -0.639. The lowest BCUT2D eigenvalue weighted by Crippen LogP contribution is -2.47. The number of fused-ring (bicyclic) bond motifs is 1. The molecule has 2 fully saturated rings. The predicted octanol–water partition coefficient (Wildman–Crippen LogP) is 4.52. The van der Waals surface area contributed by atoms with Gasteiger partial charge in [-0.05, 0) is 49.7 Å². The molecule has 0 bridgehead atoms. The Morgan fingerprint density at radius 1 is 0.974 bits per heavy atom. The number of piperazine rings is 1. The van der Waals surface area contributed by atoms with Gasteiger partial charge in [0, 0.05) is 43.3 Å². The number of carbonyl (C=O) groups excluding carboxylic acids is 1. The molecule has 1 aliphatic carbocycles. The number of imidazole rings is 1. The Bertz CT molecular complexity index is 1490. The zero-order valence-corrected chi connectivity index (χ0v) is 21.4. The van der Waals surface area contributed by atoms with Crippen molar-refractivity contribution in [3.8, 4) is 11.4 Å². The Hall–Kier alpha value is -3.99. The van der Waals surface area contributed by atoms with Crippen LogP contribution in [0.1, 0.15) is 34.3 Å². The monoisotopic (exact) mass is 535 g/mol. The Balaban J connectivity index is 1.29. The summed E-state index contributed by atoms with van der Waals surface area (Å²) in [5, 5.41) is 3.43.